The molecule has 4 aromatic rings. The second-order valence-electron chi connectivity index (χ2n) is 5.40. The highest BCUT2D eigenvalue weighted by atomic mass is 16.5. The number of hydrogen-bond donors (Lipinski definition) is 0. The molecule has 3 heteroatoms. The van der Waals surface area contributed by atoms with Gasteiger partial charge in [0.1, 0.15) is 18.4 Å². The Morgan fingerprint density at radius 1 is 0.913 bits per heavy atom. The lowest BCUT2D eigenvalue weighted by Gasteiger charge is -2.06. The summed E-state index contributed by atoms with van der Waals surface area (Å²) in [6.45, 7) is 0.529. The minimum atomic E-state index is 0.529. The van der Waals surface area contributed by atoms with E-state index in [0.29, 0.717) is 12.2 Å². The van der Waals surface area contributed by atoms with Crippen LogP contribution >= 0.6 is 0 Å². The highest BCUT2D eigenvalue weighted by Gasteiger charge is 2.11. The van der Waals surface area contributed by atoms with Crippen LogP contribution in [0.4, 0.5) is 0 Å². The molecule has 3 nitrogen and oxygen atoms in total. The second-order valence-corrected chi connectivity index (χ2v) is 5.40. The molecule has 0 amide bonds. The van der Waals surface area contributed by atoms with E-state index in [4.69, 9.17) is 4.74 Å². The molecule has 0 spiro atoms. The molecule has 0 N–H and O–H groups in total. The van der Waals surface area contributed by atoms with Crippen molar-refractivity contribution in [2.75, 3.05) is 0 Å². The third-order valence-corrected chi connectivity index (χ3v) is 3.97. The van der Waals surface area contributed by atoms with Gasteiger partial charge in [0.15, 0.2) is 0 Å². The largest absolute Gasteiger partial charge is 0.489 e. The maximum absolute atomic E-state index is 9.45. The first kappa shape index (κ1) is 13.4. The van der Waals surface area contributed by atoms with E-state index in [2.05, 4.69) is 6.07 Å². The zero-order valence-corrected chi connectivity index (χ0v) is 12.4. The number of fused-ring (bicyclic) bond motifs is 3. The monoisotopic (exact) mass is 298 g/mol. The van der Waals surface area contributed by atoms with Gasteiger partial charge >= 0.3 is 0 Å². The fraction of sp³-hybridized carbons (Fsp3) is 0.0500. The lowest BCUT2D eigenvalue weighted by Crippen LogP contribution is -1.95. The van der Waals surface area contributed by atoms with Crippen LogP contribution in [0.25, 0.3) is 16.4 Å². The number of hydrogen-bond acceptors (Lipinski definition) is 2. The van der Waals surface area contributed by atoms with Gasteiger partial charge < -0.3 is 9.14 Å². The van der Waals surface area contributed by atoms with Crippen molar-refractivity contribution in [2.45, 2.75) is 6.61 Å². The molecular weight excluding hydrogens is 284 g/mol. The molecule has 2 aromatic carbocycles. The quantitative estimate of drug-likeness (QED) is 0.556. The van der Waals surface area contributed by atoms with Gasteiger partial charge in [0.2, 0.25) is 0 Å². The molecule has 110 valence electrons. The Balaban J connectivity index is 1.76. The third kappa shape index (κ3) is 2.31. The lowest BCUT2D eigenvalue weighted by molar-refractivity contribution is 0.306. The third-order valence-electron chi connectivity index (χ3n) is 3.97. The van der Waals surface area contributed by atoms with Crippen LogP contribution < -0.4 is 4.74 Å². The van der Waals surface area contributed by atoms with E-state index in [1.165, 1.54) is 0 Å². The van der Waals surface area contributed by atoms with Crippen molar-refractivity contribution in [3.05, 3.63) is 84.1 Å². The second kappa shape index (κ2) is 5.51. The van der Waals surface area contributed by atoms with Gasteiger partial charge in [-0.05, 0) is 29.8 Å². The zero-order valence-electron chi connectivity index (χ0n) is 12.4. The first-order chi connectivity index (χ1) is 11.4. The van der Waals surface area contributed by atoms with E-state index >= 15 is 0 Å². The molecule has 0 aliphatic heterocycles. The molecule has 0 saturated heterocycles. The molecule has 0 aliphatic rings. The van der Waals surface area contributed by atoms with Gasteiger partial charge in [-0.3, -0.25) is 0 Å². The van der Waals surface area contributed by atoms with Crippen LogP contribution in [-0.4, -0.2) is 4.40 Å². The SMILES string of the molecule is N#Cc1c2ccc(OCc3ccccc3)cc2n2ccccc12. The molecule has 0 bridgehead atoms. The van der Waals surface area contributed by atoms with E-state index < -0.39 is 0 Å². The van der Waals surface area contributed by atoms with Crippen LogP contribution in [0.2, 0.25) is 0 Å². The van der Waals surface area contributed by atoms with E-state index in [9.17, 15) is 5.26 Å². The average molecular weight is 298 g/mol. The Bertz CT molecular complexity index is 1030. The van der Waals surface area contributed by atoms with Crippen LogP contribution in [0.15, 0.2) is 72.9 Å². The summed E-state index contributed by atoms with van der Waals surface area (Å²) in [7, 11) is 0. The van der Waals surface area contributed by atoms with Crippen LogP contribution in [-0.2, 0) is 6.61 Å². The van der Waals surface area contributed by atoms with E-state index in [0.717, 1.165) is 27.7 Å². The topological polar surface area (TPSA) is 37.4 Å². The molecular formula is C20H14N2O. The van der Waals surface area contributed by atoms with Crippen molar-refractivity contribution >= 4 is 16.4 Å². The Morgan fingerprint density at radius 2 is 1.74 bits per heavy atom. The van der Waals surface area contributed by atoms with Crippen molar-refractivity contribution in [1.82, 2.24) is 4.40 Å². The molecule has 2 aromatic heterocycles. The highest BCUT2D eigenvalue weighted by molar-refractivity contribution is 5.95. The summed E-state index contributed by atoms with van der Waals surface area (Å²) in [5, 5.41) is 10.4. The van der Waals surface area contributed by atoms with E-state index in [1.807, 2.05) is 77.3 Å². The molecule has 0 unspecified atom stereocenters. The minimum Gasteiger partial charge on any atom is -0.489 e. The van der Waals surface area contributed by atoms with Crippen LogP contribution in [0.3, 0.4) is 0 Å². The summed E-state index contributed by atoms with van der Waals surface area (Å²) < 4.78 is 7.93. The van der Waals surface area contributed by atoms with E-state index in [1.54, 1.807) is 0 Å². The summed E-state index contributed by atoms with van der Waals surface area (Å²) in [4.78, 5) is 0. The molecule has 0 aliphatic carbocycles. The van der Waals surface area contributed by atoms with Gasteiger partial charge in [0.25, 0.3) is 0 Å². The van der Waals surface area contributed by atoms with Crippen molar-refractivity contribution in [3.8, 4) is 11.8 Å². The molecule has 0 radical (unpaired) electrons. The highest BCUT2D eigenvalue weighted by Crippen LogP contribution is 2.29. The number of pyridine rings is 1. The molecule has 4 rings (SSSR count). The Morgan fingerprint density at radius 3 is 2.57 bits per heavy atom. The lowest BCUT2D eigenvalue weighted by atomic mass is 10.1. The van der Waals surface area contributed by atoms with Gasteiger partial charge in [-0.1, -0.05) is 36.4 Å². The first-order valence-electron chi connectivity index (χ1n) is 7.46. The first-order valence-corrected chi connectivity index (χ1v) is 7.46. The maximum Gasteiger partial charge on any atom is 0.121 e. The van der Waals surface area contributed by atoms with Gasteiger partial charge in [-0.15, -0.1) is 0 Å². The fourth-order valence-electron chi connectivity index (χ4n) is 2.87. The molecule has 0 saturated carbocycles. The van der Waals surface area contributed by atoms with Gasteiger partial charge in [-0.25, -0.2) is 0 Å². The smallest absolute Gasteiger partial charge is 0.121 e. The summed E-state index contributed by atoms with van der Waals surface area (Å²) >= 11 is 0. The van der Waals surface area contributed by atoms with Crippen LogP contribution in [0, 0.1) is 11.3 Å². The van der Waals surface area contributed by atoms with Gasteiger partial charge in [-0.2, -0.15) is 5.26 Å². The Hall–Kier alpha value is -3.25. The van der Waals surface area contributed by atoms with E-state index in [-0.39, 0.29) is 0 Å². The van der Waals surface area contributed by atoms with Crippen LogP contribution in [0.1, 0.15) is 11.1 Å². The zero-order chi connectivity index (χ0) is 15.6. The number of ether oxygens (including phenoxy) is 1. The molecule has 23 heavy (non-hydrogen) atoms. The normalized spacial score (nSPS) is 10.7. The van der Waals surface area contributed by atoms with Crippen LogP contribution in [0.5, 0.6) is 5.75 Å². The molecule has 2 heterocycles. The number of aromatic nitrogens is 1. The fourth-order valence-corrected chi connectivity index (χ4v) is 2.87. The predicted octanol–water partition coefficient (Wildman–Crippen LogP) is 4.54. The maximum atomic E-state index is 9.45. The van der Waals surface area contributed by atoms with Crippen molar-refractivity contribution in [2.24, 2.45) is 0 Å². The van der Waals surface area contributed by atoms with Crippen molar-refractivity contribution in [3.63, 3.8) is 0 Å². The Labute approximate surface area is 134 Å². The number of nitrogens with zero attached hydrogens (tertiary/aromatic N) is 2. The minimum absolute atomic E-state index is 0.529. The number of benzene rings is 2. The summed E-state index contributed by atoms with van der Waals surface area (Å²) in [6, 6.07) is 24.1. The summed E-state index contributed by atoms with van der Waals surface area (Å²) in [5.41, 5.74) is 3.74. The average Bonchev–Trinajstić information content (AvgIpc) is 2.94. The summed E-state index contributed by atoms with van der Waals surface area (Å²) in [6.07, 6.45) is 1.97. The molecule has 0 atom stereocenters. The predicted molar refractivity (Wildman–Crippen MR) is 90.4 cm³/mol. The van der Waals surface area contributed by atoms with Gasteiger partial charge in [0, 0.05) is 17.6 Å². The van der Waals surface area contributed by atoms with Crippen molar-refractivity contribution in [1.29, 1.82) is 5.26 Å². The standard InChI is InChI=1S/C20H14N2O/c21-13-18-17-10-9-16(23-14-15-6-2-1-3-7-15)12-20(17)22-11-5-4-8-19(18)22/h1-12H,14H2. The molecule has 0 fully saturated rings. The Kier molecular flexibility index (Phi) is 3.21. The summed E-state index contributed by atoms with van der Waals surface area (Å²) in [5.74, 6) is 0.800. The van der Waals surface area contributed by atoms with Crippen molar-refractivity contribution < 1.29 is 4.74 Å². The number of rotatable bonds is 3. The number of nitriles is 1. The van der Waals surface area contributed by atoms with Gasteiger partial charge in [0.05, 0.1) is 16.6 Å².